The number of guanidine groups is 1. The lowest BCUT2D eigenvalue weighted by atomic mass is 9.93. The summed E-state index contributed by atoms with van der Waals surface area (Å²) in [5.41, 5.74) is 0.402. The number of anilines is 1. The SMILES string of the molecule is CN1C(=N)N[C@](C)(c2cccc(NC(=O)c3nc4ccc(F)cc4o3)c2)CS1(=O)=O. The first-order valence-electron chi connectivity index (χ1n) is 8.89. The summed E-state index contributed by atoms with van der Waals surface area (Å²) in [6.45, 7) is 1.67. The summed E-state index contributed by atoms with van der Waals surface area (Å²) in [5, 5.41) is 13.5. The molecule has 2 aromatic carbocycles. The monoisotopic (exact) mass is 431 g/mol. The van der Waals surface area contributed by atoms with Crippen molar-refractivity contribution in [2.45, 2.75) is 12.5 Å². The second-order valence-corrected chi connectivity index (χ2v) is 9.20. The number of carbonyl (C=O) groups is 1. The van der Waals surface area contributed by atoms with E-state index in [1.165, 1.54) is 19.2 Å². The molecule has 0 spiro atoms. The maximum absolute atomic E-state index is 13.3. The van der Waals surface area contributed by atoms with E-state index in [2.05, 4.69) is 15.6 Å². The molecule has 1 fully saturated rings. The summed E-state index contributed by atoms with van der Waals surface area (Å²) in [6.07, 6.45) is 0. The van der Waals surface area contributed by atoms with Crippen molar-refractivity contribution >= 4 is 38.7 Å². The van der Waals surface area contributed by atoms with E-state index in [1.54, 1.807) is 31.2 Å². The summed E-state index contributed by atoms with van der Waals surface area (Å²) < 4.78 is 44.2. The molecule has 156 valence electrons. The lowest BCUT2D eigenvalue weighted by Crippen LogP contribution is -2.60. The van der Waals surface area contributed by atoms with E-state index in [1.807, 2.05) is 0 Å². The summed E-state index contributed by atoms with van der Waals surface area (Å²) in [5.74, 6) is -1.86. The Morgan fingerprint density at radius 1 is 1.33 bits per heavy atom. The molecule has 4 rings (SSSR count). The lowest BCUT2D eigenvalue weighted by Gasteiger charge is -2.40. The maximum atomic E-state index is 13.3. The van der Waals surface area contributed by atoms with E-state index in [-0.39, 0.29) is 23.2 Å². The fraction of sp³-hybridized carbons (Fsp3) is 0.211. The first-order valence-corrected chi connectivity index (χ1v) is 10.5. The minimum Gasteiger partial charge on any atom is -0.432 e. The van der Waals surface area contributed by atoms with E-state index < -0.39 is 27.3 Å². The molecular formula is C19H18FN5O4S. The van der Waals surface area contributed by atoms with Gasteiger partial charge in [-0.15, -0.1) is 0 Å². The number of rotatable bonds is 3. The molecule has 1 saturated heterocycles. The zero-order valence-corrected chi connectivity index (χ0v) is 16.9. The van der Waals surface area contributed by atoms with Crippen LogP contribution in [0.4, 0.5) is 10.1 Å². The van der Waals surface area contributed by atoms with Crippen LogP contribution in [0.2, 0.25) is 0 Å². The van der Waals surface area contributed by atoms with Crippen LogP contribution in [0.25, 0.3) is 11.1 Å². The van der Waals surface area contributed by atoms with E-state index in [0.717, 1.165) is 10.4 Å². The molecule has 0 unspecified atom stereocenters. The van der Waals surface area contributed by atoms with Gasteiger partial charge in [-0.05, 0) is 36.8 Å². The van der Waals surface area contributed by atoms with Gasteiger partial charge >= 0.3 is 5.91 Å². The smallest absolute Gasteiger partial charge is 0.311 e. The highest BCUT2D eigenvalue weighted by Gasteiger charge is 2.41. The van der Waals surface area contributed by atoms with E-state index >= 15 is 0 Å². The lowest BCUT2D eigenvalue weighted by molar-refractivity contribution is 0.0992. The van der Waals surface area contributed by atoms with Gasteiger partial charge in [0.05, 0.1) is 11.3 Å². The van der Waals surface area contributed by atoms with Gasteiger partial charge in [0.1, 0.15) is 11.3 Å². The first kappa shape index (κ1) is 19.8. The highest BCUT2D eigenvalue weighted by Crippen LogP contribution is 2.29. The summed E-state index contributed by atoms with van der Waals surface area (Å²) in [6, 6.07) is 10.4. The van der Waals surface area contributed by atoms with E-state index in [9.17, 15) is 17.6 Å². The van der Waals surface area contributed by atoms with Gasteiger partial charge in [0, 0.05) is 18.8 Å². The van der Waals surface area contributed by atoms with Gasteiger partial charge in [-0.1, -0.05) is 12.1 Å². The number of nitrogens with zero attached hydrogens (tertiary/aromatic N) is 2. The Bertz CT molecular complexity index is 1290. The number of carbonyl (C=O) groups excluding carboxylic acids is 1. The zero-order valence-electron chi connectivity index (χ0n) is 16.1. The number of halogens is 1. The van der Waals surface area contributed by atoms with Gasteiger partial charge in [0.2, 0.25) is 16.0 Å². The molecule has 0 radical (unpaired) electrons. The first-order chi connectivity index (χ1) is 14.1. The average molecular weight is 431 g/mol. The second kappa shape index (κ2) is 6.80. The van der Waals surface area contributed by atoms with E-state index in [4.69, 9.17) is 9.83 Å². The van der Waals surface area contributed by atoms with Crippen LogP contribution in [0.15, 0.2) is 46.9 Å². The average Bonchev–Trinajstić information content (AvgIpc) is 3.09. The van der Waals surface area contributed by atoms with Crippen molar-refractivity contribution in [1.29, 1.82) is 5.41 Å². The predicted octanol–water partition coefficient (Wildman–Crippen LogP) is 2.23. The number of hydrogen-bond donors (Lipinski definition) is 3. The molecule has 1 aliphatic heterocycles. The number of oxazole rings is 1. The number of sulfonamides is 1. The molecule has 30 heavy (non-hydrogen) atoms. The van der Waals surface area contributed by atoms with Crippen LogP contribution in [-0.2, 0) is 15.6 Å². The third-order valence-corrected chi connectivity index (χ3v) is 6.86. The van der Waals surface area contributed by atoms with Gasteiger partial charge in [-0.2, -0.15) is 0 Å². The van der Waals surface area contributed by atoms with Crippen molar-refractivity contribution in [2.24, 2.45) is 0 Å². The Hall–Kier alpha value is -3.47. The molecule has 3 N–H and O–H groups in total. The molecule has 1 amide bonds. The third kappa shape index (κ3) is 3.47. The number of aromatic nitrogens is 1. The van der Waals surface area contributed by atoms with E-state index in [0.29, 0.717) is 16.8 Å². The van der Waals surface area contributed by atoms with Crippen molar-refractivity contribution in [3.05, 3.63) is 59.7 Å². The molecule has 0 aliphatic carbocycles. The molecular weight excluding hydrogens is 413 g/mol. The highest BCUT2D eigenvalue weighted by molar-refractivity contribution is 7.89. The normalized spacial score (nSPS) is 20.8. The summed E-state index contributed by atoms with van der Waals surface area (Å²) in [7, 11) is -2.35. The van der Waals surface area contributed by atoms with Gasteiger partial charge in [-0.25, -0.2) is 22.1 Å². The molecule has 11 heteroatoms. The van der Waals surface area contributed by atoms with Crippen molar-refractivity contribution in [3.8, 4) is 0 Å². The van der Waals surface area contributed by atoms with Gasteiger partial charge in [-0.3, -0.25) is 10.2 Å². The third-order valence-electron chi connectivity index (χ3n) is 4.90. The number of fused-ring (bicyclic) bond motifs is 1. The Morgan fingerprint density at radius 2 is 2.10 bits per heavy atom. The Kier molecular flexibility index (Phi) is 4.49. The van der Waals surface area contributed by atoms with Gasteiger partial charge in [0.15, 0.2) is 5.58 Å². The number of benzene rings is 2. The molecule has 1 aliphatic rings. The van der Waals surface area contributed by atoms with Crippen LogP contribution in [0, 0.1) is 11.2 Å². The Labute approximate surface area is 171 Å². The zero-order chi connectivity index (χ0) is 21.7. The molecule has 3 aromatic rings. The molecule has 0 bridgehead atoms. The minimum absolute atomic E-state index is 0.153. The number of hydrogen-bond acceptors (Lipinski definition) is 6. The fourth-order valence-corrected chi connectivity index (χ4v) is 4.74. The van der Waals surface area contributed by atoms with Crippen LogP contribution in [-0.4, -0.2) is 42.4 Å². The van der Waals surface area contributed by atoms with Crippen LogP contribution >= 0.6 is 0 Å². The molecule has 2 heterocycles. The highest BCUT2D eigenvalue weighted by atomic mass is 32.2. The molecule has 9 nitrogen and oxygen atoms in total. The summed E-state index contributed by atoms with van der Waals surface area (Å²) >= 11 is 0. The quantitative estimate of drug-likeness (QED) is 0.583. The molecule has 1 aromatic heterocycles. The van der Waals surface area contributed by atoms with Crippen LogP contribution < -0.4 is 10.6 Å². The van der Waals surface area contributed by atoms with Crippen molar-refractivity contribution in [2.75, 3.05) is 18.1 Å². The van der Waals surface area contributed by atoms with Crippen LogP contribution in [0.5, 0.6) is 0 Å². The second-order valence-electron chi connectivity index (χ2n) is 7.20. The Balaban J connectivity index is 1.60. The molecule has 0 saturated carbocycles. The number of nitrogens with one attached hydrogen (secondary N) is 3. The van der Waals surface area contributed by atoms with Crippen molar-refractivity contribution in [3.63, 3.8) is 0 Å². The minimum atomic E-state index is -3.66. The molecule has 1 atom stereocenters. The Morgan fingerprint density at radius 3 is 2.83 bits per heavy atom. The van der Waals surface area contributed by atoms with Crippen LogP contribution in [0.3, 0.4) is 0 Å². The standard InChI is InChI=1S/C19H18FN5O4S/c1-19(10-30(27,28)25(2)18(21)24-19)11-4-3-5-13(8-11)22-16(26)17-23-14-7-6-12(20)9-15(14)29-17/h3-9H,10H2,1-2H3,(H2,21,24)(H,22,26)/t19-/m0/s1. The predicted molar refractivity (Wildman–Crippen MR) is 108 cm³/mol. The van der Waals surface area contributed by atoms with Crippen molar-refractivity contribution < 1.29 is 22.0 Å². The fourth-order valence-electron chi connectivity index (χ4n) is 3.25. The number of amides is 1. The largest absolute Gasteiger partial charge is 0.432 e. The van der Waals surface area contributed by atoms with Crippen molar-refractivity contribution in [1.82, 2.24) is 14.6 Å². The van der Waals surface area contributed by atoms with Gasteiger partial charge < -0.3 is 15.1 Å². The van der Waals surface area contributed by atoms with Gasteiger partial charge in [0.25, 0.3) is 5.89 Å². The summed E-state index contributed by atoms with van der Waals surface area (Å²) in [4.78, 5) is 16.6. The topological polar surface area (TPSA) is 128 Å². The maximum Gasteiger partial charge on any atom is 0.311 e. The van der Waals surface area contributed by atoms with Crippen LogP contribution in [0.1, 0.15) is 23.2 Å².